The first-order chi connectivity index (χ1) is 13.2. The Morgan fingerprint density at radius 2 is 1.63 bits per heavy atom. The molecule has 4 heteroatoms. The zero-order valence-corrected chi connectivity index (χ0v) is 15.1. The molecule has 1 amide bonds. The van der Waals surface area contributed by atoms with E-state index in [9.17, 15) is 9.90 Å². The molecule has 1 heterocycles. The van der Waals surface area contributed by atoms with Gasteiger partial charge in [0.15, 0.2) is 0 Å². The first-order valence-corrected chi connectivity index (χ1v) is 9.23. The Morgan fingerprint density at radius 1 is 0.926 bits per heavy atom. The second-order valence-corrected chi connectivity index (χ2v) is 6.72. The van der Waals surface area contributed by atoms with E-state index >= 15 is 0 Å². The number of aryl methyl sites for hydroxylation is 1. The van der Waals surface area contributed by atoms with Crippen LogP contribution < -0.4 is 10.2 Å². The number of phenolic OH excluding ortho intramolecular Hbond substituents is 1. The largest absolute Gasteiger partial charge is 0.508 e. The minimum Gasteiger partial charge on any atom is -0.508 e. The molecule has 0 saturated carbocycles. The molecule has 2 N–H and O–H groups in total. The summed E-state index contributed by atoms with van der Waals surface area (Å²) in [5, 5.41) is 12.9. The summed E-state index contributed by atoms with van der Waals surface area (Å²) in [7, 11) is 0. The molecule has 4 rings (SSSR count). The van der Waals surface area contributed by atoms with Gasteiger partial charge in [0.25, 0.3) is 0 Å². The molecule has 1 aliphatic rings. The minimum atomic E-state index is -0.0572. The number of fused-ring (bicyclic) bond motifs is 1. The van der Waals surface area contributed by atoms with Gasteiger partial charge in [0.05, 0.1) is 11.4 Å². The van der Waals surface area contributed by atoms with Crippen LogP contribution in [0.1, 0.15) is 17.5 Å². The third-order valence-electron chi connectivity index (χ3n) is 4.97. The third kappa shape index (κ3) is 3.65. The predicted molar refractivity (Wildman–Crippen MR) is 109 cm³/mol. The van der Waals surface area contributed by atoms with E-state index < -0.39 is 0 Å². The number of aromatic hydroxyl groups is 1. The second kappa shape index (κ2) is 7.54. The van der Waals surface area contributed by atoms with Crippen molar-refractivity contribution in [3.05, 3.63) is 83.9 Å². The maximum Gasteiger partial charge on any atom is 0.224 e. The Bertz CT molecular complexity index is 968. The number of para-hydroxylation sites is 4. The van der Waals surface area contributed by atoms with Gasteiger partial charge < -0.3 is 15.3 Å². The van der Waals surface area contributed by atoms with E-state index in [1.165, 1.54) is 11.3 Å². The van der Waals surface area contributed by atoms with Crippen LogP contribution in [0.4, 0.5) is 17.1 Å². The lowest BCUT2D eigenvalue weighted by Crippen LogP contribution is -2.18. The van der Waals surface area contributed by atoms with Crippen LogP contribution in [0.3, 0.4) is 0 Å². The maximum absolute atomic E-state index is 12.5. The zero-order valence-electron chi connectivity index (χ0n) is 15.1. The summed E-state index contributed by atoms with van der Waals surface area (Å²) < 4.78 is 0. The smallest absolute Gasteiger partial charge is 0.224 e. The summed E-state index contributed by atoms with van der Waals surface area (Å²) >= 11 is 0. The number of carbonyl (C=O) groups is 1. The highest BCUT2D eigenvalue weighted by atomic mass is 16.3. The number of hydrogen-bond donors (Lipinski definition) is 2. The number of phenols is 1. The fourth-order valence-electron chi connectivity index (χ4n) is 3.59. The molecule has 27 heavy (non-hydrogen) atoms. The molecule has 0 bridgehead atoms. The molecular formula is C23H22N2O2. The SMILES string of the molecule is O=C(CCc1ccccc1O)Nc1ccccc1N1CCc2ccccc21. The molecule has 0 radical (unpaired) electrons. The van der Waals surface area contributed by atoms with Crippen molar-refractivity contribution in [1.82, 2.24) is 0 Å². The van der Waals surface area contributed by atoms with Gasteiger partial charge in [0, 0.05) is 18.7 Å². The molecule has 4 nitrogen and oxygen atoms in total. The van der Waals surface area contributed by atoms with Gasteiger partial charge in [-0.05, 0) is 48.2 Å². The number of carbonyl (C=O) groups excluding carboxylic acids is 1. The Kier molecular flexibility index (Phi) is 4.79. The molecule has 0 fully saturated rings. The summed E-state index contributed by atoms with van der Waals surface area (Å²) in [5.41, 5.74) is 5.15. The summed E-state index contributed by atoms with van der Waals surface area (Å²) in [5.74, 6) is 0.178. The van der Waals surface area contributed by atoms with Crippen LogP contribution in [-0.2, 0) is 17.6 Å². The van der Waals surface area contributed by atoms with Crippen molar-refractivity contribution in [2.45, 2.75) is 19.3 Å². The van der Waals surface area contributed by atoms with E-state index in [2.05, 4.69) is 28.4 Å². The topological polar surface area (TPSA) is 52.6 Å². The monoisotopic (exact) mass is 358 g/mol. The molecule has 0 spiro atoms. The van der Waals surface area contributed by atoms with Gasteiger partial charge in [-0.2, -0.15) is 0 Å². The van der Waals surface area contributed by atoms with Gasteiger partial charge in [0.2, 0.25) is 5.91 Å². The van der Waals surface area contributed by atoms with Crippen LogP contribution in [0, 0.1) is 0 Å². The van der Waals surface area contributed by atoms with Crippen molar-refractivity contribution in [3.63, 3.8) is 0 Å². The van der Waals surface area contributed by atoms with Gasteiger partial charge in [-0.3, -0.25) is 4.79 Å². The second-order valence-electron chi connectivity index (χ2n) is 6.72. The van der Waals surface area contributed by atoms with Gasteiger partial charge in [-0.15, -0.1) is 0 Å². The summed E-state index contributed by atoms with van der Waals surface area (Å²) in [6, 6.07) is 23.4. The third-order valence-corrected chi connectivity index (χ3v) is 4.97. The summed E-state index contributed by atoms with van der Waals surface area (Å²) in [6.45, 7) is 0.907. The van der Waals surface area contributed by atoms with Crippen molar-refractivity contribution < 1.29 is 9.90 Å². The van der Waals surface area contributed by atoms with E-state index in [4.69, 9.17) is 0 Å². The molecule has 0 atom stereocenters. The van der Waals surface area contributed by atoms with Crippen molar-refractivity contribution in [2.24, 2.45) is 0 Å². The Morgan fingerprint density at radius 3 is 2.48 bits per heavy atom. The summed E-state index contributed by atoms with van der Waals surface area (Å²) in [4.78, 5) is 14.8. The van der Waals surface area contributed by atoms with E-state index in [-0.39, 0.29) is 11.7 Å². The van der Waals surface area contributed by atoms with Gasteiger partial charge in [-0.25, -0.2) is 0 Å². The number of rotatable bonds is 5. The fraction of sp³-hybridized carbons (Fsp3) is 0.174. The number of nitrogens with one attached hydrogen (secondary N) is 1. The van der Waals surface area contributed by atoms with Crippen LogP contribution in [0.2, 0.25) is 0 Å². The Hall–Kier alpha value is -3.27. The predicted octanol–water partition coefficient (Wildman–Crippen LogP) is 4.66. The standard InChI is InChI=1S/C23H22N2O2/c26-22-12-6-2-8-18(22)13-14-23(27)24-19-9-3-5-11-21(19)25-16-15-17-7-1-4-10-20(17)25/h1-12,26H,13-16H2,(H,24,27). The highest BCUT2D eigenvalue weighted by Gasteiger charge is 2.22. The van der Waals surface area contributed by atoms with Crippen molar-refractivity contribution in [1.29, 1.82) is 0 Å². The van der Waals surface area contributed by atoms with Crippen LogP contribution in [-0.4, -0.2) is 17.6 Å². The number of nitrogens with zero attached hydrogens (tertiary/aromatic N) is 1. The van der Waals surface area contributed by atoms with Crippen LogP contribution >= 0.6 is 0 Å². The summed E-state index contributed by atoms with van der Waals surface area (Å²) in [6.07, 6.45) is 1.83. The number of hydrogen-bond acceptors (Lipinski definition) is 3. The molecule has 0 unspecified atom stereocenters. The molecule has 1 aliphatic heterocycles. The lowest BCUT2D eigenvalue weighted by molar-refractivity contribution is -0.116. The van der Waals surface area contributed by atoms with Crippen molar-refractivity contribution in [3.8, 4) is 5.75 Å². The normalized spacial score (nSPS) is 12.7. The first-order valence-electron chi connectivity index (χ1n) is 9.23. The highest BCUT2D eigenvalue weighted by Crippen LogP contribution is 2.38. The molecule has 0 aliphatic carbocycles. The van der Waals surface area contributed by atoms with Crippen LogP contribution in [0.15, 0.2) is 72.8 Å². The lowest BCUT2D eigenvalue weighted by Gasteiger charge is -2.23. The van der Waals surface area contributed by atoms with Gasteiger partial charge in [0.1, 0.15) is 5.75 Å². The quantitative estimate of drug-likeness (QED) is 0.697. The molecular weight excluding hydrogens is 336 g/mol. The zero-order chi connectivity index (χ0) is 18.6. The van der Waals surface area contributed by atoms with Gasteiger partial charge in [-0.1, -0.05) is 48.5 Å². The molecule has 136 valence electrons. The Labute approximate surface area is 159 Å². The average Bonchev–Trinajstić information content (AvgIpc) is 3.12. The molecule has 0 aromatic heterocycles. The van der Waals surface area contributed by atoms with Crippen LogP contribution in [0.25, 0.3) is 0 Å². The first kappa shape index (κ1) is 17.2. The maximum atomic E-state index is 12.5. The number of amides is 1. The van der Waals surface area contributed by atoms with Crippen molar-refractivity contribution >= 4 is 23.0 Å². The van der Waals surface area contributed by atoms with E-state index in [0.29, 0.717) is 12.8 Å². The van der Waals surface area contributed by atoms with E-state index in [1.54, 1.807) is 12.1 Å². The molecule has 3 aromatic carbocycles. The van der Waals surface area contributed by atoms with Crippen molar-refractivity contribution in [2.75, 3.05) is 16.8 Å². The van der Waals surface area contributed by atoms with Crippen LogP contribution in [0.5, 0.6) is 5.75 Å². The molecule has 0 saturated heterocycles. The van der Waals surface area contributed by atoms with E-state index in [1.807, 2.05) is 42.5 Å². The van der Waals surface area contributed by atoms with E-state index in [0.717, 1.165) is 29.9 Å². The average molecular weight is 358 g/mol. The minimum absolute atomic E-state index is 0.0572. The number of benzene rings is 3. The molecule has 3 aromatic rings. The number of anilines is 3. The lowest BCUT2D eigenvalue weighted by atomic mass is 10.1. The van der Waals surface area contributed by atoms with Gasteiger partial charge >= 0.3 is 0 Å². The highest BCUT2D eigenvalue weighted by molar-refractivity contribution is 5.95. The Balaban J connectivity index is 1.49. The fourth-order valence-corrected chi connectivity index (χ4v) is 3.59.